The van der Waals surface area contributed by atoms with Crippen LogP contribution in [0.25, 0.3) is 0 Å². The summed E-state index contributed by atoms with van der Waals surface area (Å²) >= 11 is 3.42. The van der Waals surface area contributed by atoms with Gasteiger partial charge in [-0.15, -0.1) is 0 Å². The second-order valence-electron chi connectivity index (χ2n) is 5.54. The van der Waals surface area contributed by atoms with Crippen LogP contribution in [-0.4, -0.2) is 11.3 Å². The lowest BCUT2D eigenvalue weighted by Gasteiger charge is -2.14. The fourth-order valence-electron chi connectivity index (χ4n) is 2.62. The van der Waals surface area contributed by atoms with Gasteiger partial charge in [0.05, 0.1) is 0 Å². The zero-order chi connectivity index (χ0) is 15.6. The lowest BCUT2D eigenvalue weighted by atomic mass is 9.91. The largest absolute Gasteiger partial charge is 0.296 e. The summed E-state index contributed by atoms with van der Waals surface area (Å²) in [4.78, 5) is 15.3. The third kappa shape index (κ3) is 3.41. The quantitative estimate of drug-likeness (QED) is 0.753. The van der Waals surface area contributed by atoms with Crippen LogP contribution in [0.2, 0.25) is 0 Å². The van der Waals surface area contributed by atoms with Crippen LogP contribution < -0.4 is 0 Å². The molecule has 0 bridgehead atoms. The standard InChI is InChI=1S/C18H20BrNO/c1-11-7-15(14(4)13(3)12(11)2)5-6-16-8-17(19)9-20-18(16)10-21/h7-10H,5-6H2,1-4H3. The van der Waals surface area contributed by atoms with Crippen LogP contribution in [0.15, 0.2) is 22.8 Å². The van der Waals surface area contributed by atoms with E-state index in [0.29, 0.717) is 5.69 Å². The van der Waals surface area contributed by atoms with Gasteiger partial charge in [0.1, 0.15) is 5.69 Å². The molecule has 0 aliphatic heterocycles. The molecule has 1 heterocycles. The Morgan fingerprint density at radius 1 is 1.00 bits per heavy atom. The molecule has 21 heavy (non-hydrogen) atoms. The fraction of sp³-hybridized carbons (Fsp3) is 0.333. The molecule has 110 valence electrons. The molecule has 0 atom stereocenters. The van der Waals surface area contributed by atoms with Gasteiger partial charge in [-0.3, -0.25) is 9.78 Å². The Balaban J connectivity index is 2.29. The molecule has 0 spiro atoms. The number of rotatable bonds is 4. The highest BCUT2D eigenvalue weighted by molar-refractivity contribution is 9.10. The van der Waals surface area contributed by atoms with Gasteiger partial charge in [-0.25, -0.2) is 0 Å². The first-order valence-corrected chi connectivity index (χ1v) is 7.89. The van der Waals surface area contributed by atoms with E-state index in [9.17, 15) is 4.79 Å². The molecule has 0 saturated carbocycles. The number of carbonyl (C=O) groups excluding carboxylic acids is 1. The molecule has 0 fully saturated rings. The lowest BCUT2D eigenvalue weighted by Crippen LogP contribution is -2.03. The van der Waals surface area contributed by atoms with Crippen LogP contribution in [0.4, 0.5) is 0 Å². The third-order valence-electron chi connectivity index (χ3n) is 4.33. The summed E-state index contributed by atoms with van der Waals surface area (Å²) in [5, 5.41) is 0. The number of nitrogens with zero attached hydrogens (tertiary/aromatic N) is 1. The highest BCUT2D eigenvalue weighted by Gasteiger charge is 2.09. The first-order chi connectivity index (χ1) is 9.93. The van der Waals surface area contributed by atoms with Gasteiger partial charge in [0.15, 0.2) is 6.29 Å². The summed E-state index contributed by atoms with van der Waals surface area (Å²) in [5.74, 6) is 0. The Morgan fingerprint density at radius 2 is 1.67 bits per heavy atom. The van der Waals surface area contributed by atoms with E-state index in [-0.39, 0.29) is 0 Å². The van der Waals surface area contributed by atoms with Gasteiger partial charge >= 0.3 is 0 Å². The lowest BCUT2D eigenvalue weighted by molar-refractivity contribution is 0.111. The van der Waals surface area contributed by atoms with Crippen molar-refractivity contribution in [1.82, 2.24) is 4.98 Å². The van der Waals surface area contributed by atoms with Crippen molar-refractivity contribution in [3.63, 3.8) is 0 Å². The van der Waals surface area contributed by atoms with Gasteiger partial charge in [0.2, 0.25) is 0 Å². The minimum Gasteiger partial charge on any atom is -0.296 e. The monoisotopic (exact) mass is 345 g/mol. The van der Waals surface area contributed by atoms with Gasteiger partial charge in [-0.2, -0.15) is 0 Å². The van der Waals surface area contributed by atoms with Crippen LogP contribution in [0.1, 0.15) is 43.9 Å². The second kappa shape index (κ2) is 6.52. The average Bonchev–Trinajstić information content (AvgIpc) is 2.47. The first-order valence-electron chi connectivity index (χ1n) is 7.10. The zero-order valence-electron chi connectivity index (χ0n) is 13.0. The summed E-state index contributed by atoms with van der Waals surface area (Å²) < 4.78 is 0.913. The predicted molar refractivity (Wildman–Crippen MR) is 90.1 cm³/mol. The van der Waals surface area contributed by atoms with E-state index in [1.807, 2.05) is 6.07 Å². The van der Waals surface area contributed by atoms with Gasteiger partial charge in [-0.1, -0.05) is 6.07 Å². The second-order valence-corrected chi connectivity index (χ2v) is 6.46. The summed E-state index contributed by atoms with van der Waals surface area (Å²) in [6.07, 6.45) is 4.25. The molecule has 0 radical (unpaired) electrons. The van der Waals surface area contributed by atoms with E-state index in [2.05, 4.69) is 54.7 Å². The van der Waals surface area contributed by atoms with Crippen LogP contribution in [0, 0.1) is 27.7 Å². The number of aryl methyl sites for hydroxylation is 3. The number of hydrogen-bond donors (Lipinski definition) is 0. The van der Waals surface area contributed by atoms with E-state index in [4.69, 9.17) is 0 Å². The van der Waals surface area contributed by atoms with Crippen molar-refractivity contribution in [2.75, 3.05) is 0 Å². The van der Waals surface area contributed by atoms with Gasteiger partial charge in [-0.05, 0) is 95.9 Å². The average molecular weight is 346 g/mol. The SMILES string of the molecule is Cc1cc(CCc2cc(Br)cnc2C=O)c(C)c(C)c1C. The minimum atomic E-state index is 0.538. The topological polar surface area (TPSA) is 30.0 Å². The Labute approximate surface area is 134 Å². The van der Waals surface area contributed by atoms with Crippen LogP contribution >= 0.6 is 15.9 Å². The van der Waals surface area contributed by atoms with Crippen LogP contribution in [0.5, 0.6) is 0 Å². The summed E-state index contributed by atoms with van der Waals surface area (Å²) in [5.41, 5.74) is 8.31. The number of carbonyl (C=O) groups is 1. The molecule has 2 aromatic rings. The van der Waals surface area contributed by atoms with E-state index >= 15 is 0 Å². The highest BCUT2D eigenvalue weighted by atomic mass is 79.9. The minimum absolute atomic E-state index is 0.538. The van der Waals surface area contributed by atoms with Crippen molar-refractivity contribution < 1.29 is 4.79 Å². The molecular weight excluding hydrogens is 326 g/mol. The van der Waals surface area contributed by atoms with Crippen molar-refractivity contribution in [3.05, 3.63) is 61.9 Å². The molecule has 0 aliphatic rings. The van der Waals surface area contributed by atoms with Crippen LogP contribution in [-0.2, 0) is 12.8 Å². The molecule has 0 aliphatic carbocycles. The Hall–Kier alpha value is -1.48. The maximum absolute atomic E-state index is 11.1. The number of benzene rings is 1. The van der Waals surface area contributed by atoms with Gasteiger partial charge in [0, 0.05) is 10.7 Å². The number of aromatic nitrogens is 1. The number of aldehydes is 1. The maximum atomic E-state index is 11.1. The molecule has 0 amide bonds. The Kier molecular flexibility index (Phi) is 4.94. The van der Waals surface area contributed by atoms with Gasteiger partial charge < -0.3 is 0 Å². The van der Waals surface area contributed by atoms with Crippen molar-refractivity contribution in [2.24, 2.45) is 0 Å². The molecule has 0 unspecified atom stereocenters. The Bertz CT molecular complexity index is 692. The van der Waals surface area contributed by atoms with Gasteiger partial charge in [0.25, 0.3) is 0 Å². The smallest absolute Gasteiger partial charge is 0.168 e. The molecule has 2 rings (SSSR count). The maximum Gasteiger partial charge on any atom is 0.168 e. The molecule has 1 aromatic carbocycles. The highest BCUT2D eigenvalue weighted by Crippen LogP contribution is 2.23. The third-order valence-corrected chi connectivity index (χ3v) is 4.77. The summed E-state index contributed by atoms with van der Waals surface area (Å²) in [7, 11) is 0. The number of pyridine rings is 1. The normalized spacial score (nSPS) is 10.7. The first kappa shape index (κ1) is 15.9. The van der Waals surface area contributed by atoms with Crippen molar-refractivity contribution >= 4 is 22.2 Å². The molecule has 0 saturated heterocycles. The Morgan fingerprint density at radius 3 is 2.33 bits per heavy atom. The van der Waals surface area contributed by atoms with Crippen molar-refractivity contribution in [3.8, 4) is 0 Å². The molecule has 3 heteroatoms. The van der Waals surface area contributed by atoms with Crippen LogP contribution in [0.3, 0.4) is 0 Å². The predicted octanol–water partition coefficient (Wildman–Crippen LogP) is 4.68. The van der Waals surface area contributed by atoms with E-state index in [1.165, 1.54) is 27.8 Å². The summed E-state index contributed by atoms with van der Waals surface area (Å²) in [6, 6.07) is 4.25. The number of hydrogen-bond acceptors (Lipinski definition) is 2. The van der Waals surface area contributed by atoms with E-state index in [0.717, 1.165) is 29.2 Å². The molecule has 1 aromatic heterocycles. The molecular formula is C18H20BrNO. The van der Waals surface area contributed by atoms with E-state index < -0.39 is 0 Å². The zero-order valence-corrected chi connectivity index (χ0v) is 14.5. The summed E-state index contributed by atoms with van der Waals surface area (Å²) in [6.45, 7) is 8.68. The van der Waals surface area contributed by atoms with Crippen molar-refractivity contribution in [1.29, 1.82) is 0 Å². The van der Waals surface area contributed by atoms with E-state index in [1.54, 1.807) is 6.20 Å². The molecule has 0 N–H and O–H groups in total. The number of halogens is 1. The van der Waals surface area contributed by atoms with Crippen molar-refractivity contribution in [2.45, 2.75) is 40.5 Å². The fourth-order valence-corrected chi connectivity index (χ4v) is 3.00. The molecule has 2 nitrogen and oxygen atoms in total.